The van der Waals surface area contributed by atoms with Crippen LogP contribution in [0.5, 0.6) is 51.7 Å². The highest BCUT2D eigenvalue weighted by molar-refractivity contribution is 6.08. The Kier molecular flexibility index (Phi) is 8.38. The number of carbonyl (C=O) groups is 4. The maximum absolute atomic E-state index is 13.4. The van der Waals surface area contributed by atoms with E-state index < -0.39 is 128 Å². The molecule has 0 amide bonds. The molecule has 0 aliphatic carbocycles. The highest BCUT2D eigenvalue weighted by Gasteiger charge is 2.41. The summed E-state index contributed by atoms with van der Waals surface area (Å²) in [4.78, 5) is 50.8. The van der Waals surface area contributed by atoms with Crippen LogP contribution in [0.3, 0.4) is 0 Å². The van der Waals surface area contributed by atoms with Gasteiger partial charge >= 0.3 is 17.9 Å². The second-order valence-electron chi connectivity index (χ2n) is 9.43. The molecule has 1 aliphatic heterocycles. The van der Waals surface area contributed by atoms with Crippen molar-refractivity contribution in [2.75, 3.05) is 6.61 Å². The number of aldehydes is 1. The molecule has 0 saturated heterocycles. The van der Waals surface area contributed by atoms with E-state index in [1.165, 1.54) is 0 Å². The molecule has 18 nitrogen and oxygen atoms in total. The van der Waals surface area contributed by atoms with Crippen LogP contribution in [0.1, 0.15) is 31.1 Å². The summed E-state index contributed by atoms with van der Waals surface area (Å²) < 4.78 is 14.9. The maximum atomic E-state index is 13.4. The summed E-state index contributed by atoms with van der Waals surface area (Å²) in [5.74, 6) is -15.1. The molecule has 0 aromatic heterocycles. The fourth-order valence-corrected chi connectivity index (χ4v) is 4.29. The van der Waals surface area contributed by atoms with Gasteiger partial charge < -0.3 is 70.4 Å². The Morgan fingerprint density at radius 1 is 0.756 bits per heavy atom. The quantitative estimate of drug-likeness (QED) is 0.0732. The number of esters is 3. The zero-order chi connectivity index (χ0) is 33.5. The van der Waals surface area contributed by atoms with Gasteiger partial charge in [-0.2, -0.15) is 0 Å². The number of cyclic esters (lactones) is 2. The largest absolute Gasteiger partial charge is 0.504 e. The van der Waals surface area contributed by atoms with Crippen molar-refractivity contribution in [1.29, 1.82) is 0 Å². The predicted molar refractivity (Wildman–Crippen MR) is 140 cm³/mol. The number of phenols is 9. The van der Waals surface area contributed by atoms with Crippen LogP contribution in [0.25, 0.3) is 11.1 Å². The first-order valence-corrected chi connectivity index (χ1v) is 12.3. The number of fused-ring (bicyclic) bond motifs is 3. The van der Waals surface area contributed by atoms with Crippen molar-refractivity contribution in [3.05, 3.63) is 41.0 Å². The lowest BCUT2D eigenvalue weighted by atomic mass is 9.92. The Morgan fingerprint density at radius 3 is 1.71 bits per heavy atom. The molecular weight excluding hydrogens is 612 g/mol. The van der Waals surface area contributed by atoms with Crippen molar-refractivity contribution < 1.29 is 89.6 Å². The van der Waals surface area contributed by atoms with Gasteiger partial charge in [0, 0.05) is 11.1 Å². The average Bonchev–Trinajstić information content (AvgIpc) is 3.01. The van der Waals surface area contributed by atoms with E-state index in [9.17, 15) is 75.3 Å². The van der Waals surface area contributed by atoms with Crippen LogP contribution in [-0.4, -0.2) is 111 Å². The van der Waals surface area contributed by atoms with Gasteiger partial charge in [-0.05, 0) is 24.3 Å². The van der Waals surface area contributed by atoms with Crippen LogP contribution in [-0.2, 0) is 19.0 Å². The third-order valence-corrected chi connectivity index (χ3v) is 6.56. The predicted octanol–water partition coefficient (Wildman–Crippen LogP) is -0.454. The van der Waals surface area contributed by atoms with Gasteiger partial charge in [-0.15, -0.1) is 0 Å². The number of carbonyl (C=O) groups excluding carboxylic acids is 4. The Balaban J connectivity index is 1.81. The first kappa shape index (κ1) is 31.8. The Bertz CT molecular complexity index is 1710. The molecule has 3 aromatic carbocycles. The molecule has 45 heavy (non-hydrogen) atoms. The molecule has 1 heterocycles. The summed E-state index contributed by atoms with van der Waals surface area (Å²) in [5.41, 5.74) is -4.39. The van der Waals surface area contributed by atoms with Gasteiger partial charge in [-0.25, -0.2) is 14.4 Å². The van der Waals surface area contributed by atoms with E-state index >= 15 is 0 Å². The molecule has 0 saturated carbocycles. The highest BCUT2D eigenvalue weighted by Crippen LogP contribution is 2.52. The molecule has 3 aromatic rings. The minimum Gasteiger partial charge on any atom is -0.504 e. The number of hydrogen-bond donors (Lipinski definition) is 11. The van der Waals surface area contributed by atoms with Gasteiger partial charge in [0.05, 0.1) is 16.7 Å². The van der Waals surface area contributed by atoms with E-state index in [-0.39, 0.29) is 6.29 Å². The minimum absolute atomic E-state index is 0.177. The van der Waals surface area contributed by atoms with Gasteiger partial charge in [0.15, 0.2) is 58.7 Å². The third kappa shape index (κ3) is 5.65. The zero-order valence-corrected chi connectivity index (χ0v) is 22.2. The molecule has 4 atom stereocenters. The molecule has 238 valence electrons. The van der Waals surface area contributed by atoms with Crippen molar-refractivity contribution in [2.24, 2.45) is 0 Å². The lowest BCUT2D eigenvalue weighted by Gasteiger charge is -2.29. The molecule has 0 radical (unpaired) electrons. The molecule has 0 spiro atoms. The fourth-order valence-electron chi connectivity index (χ4n) is 4.29. The van der Waals surface area contributed by atoms with E-state index in [1.54, 1.807) is 0 Å². The number of benzene rings is 3. The molecular formula is C27H22O18. The number of ether oxygens (including phenoxy) is 3. The van der Waals surface area contributed by atoms with E-state index in [0.717, 1.165) is 0 Å². The Labute approximate surface area is 249 Å². The summed E-state index contributed by atoms with van der Waals surface area (Å²) in [5, 5.41) is 112. The van der Waals surface area contributed by atoms with Gasteiger partial charge in [-0.3, -0.25) is 4.79 Å². The van der Waals surface area contributed by atoms with Crippen molar-refractivity contribution >= 4 is 24.2 Å². The number of aliphatic hydroxyl groups is 2. The first-order valence-electron chi connectivity index (χ1n) is 12.3. The fraction of sp³-hybridized carbons (Fsp3) is 0.185. The van der Waals surface area contributed by atoms with Crippen molar-refractivity contribution in [1.82, 2.24) is 0 Å². The molecule has 4 unspecified atom stereocenters. The second-order valence-corrected chi connectivity index (χ2v) is 9.43. The molecule has 11 N–H and O–H groups in total. The normalized spacial score (nSPS) is 17.8. The van der Waals surface area contributed by atoms with E-state index in [4.69, 9.17) is 14.2 Å². The van der Waals surface area contributed by atoms with Crippen molar-refractivity contribution in [3.8, 4) is 62.9 Å². The third-order valence-electron chi connectivity index (χ3n) is 6.56. The summed E-state index contributed by atoms with van der Waals surface area (Å²) in [6.45, 7) is -1.16. The van der Waals surface area contributed by atoms with E-state index in [0.29, 0.717) is 24.3 Å². The van der Waals surface area contributed by atoms with Crippen molar-refractivity contribution in [3.63, 3.8) is 0 Å². The molecule has 18 heteroatoms. The van der Waals surface area contributed by atoms with Crippen LogP contribution in [0.2, 0.25) is 0 Å². The second kappa shape index (κ2) is 11.9. The van der Waals surface area contributed by atoms with Crippen LogP contribution in [0.15, 0.2) is 24.3 Å². The smallest absolute Gasteiger partial charge is 0.339 e. The Hall–Kier alpha value is -6.14. The van der Waals surface area contributed by atoms with Gasteiger partial charge in [0.2, 0.25) is 11.5 Å². The monoisotopic (exact) mass is 634 g/mol. The highest BCUT2D eigenvalue weighted by atomic mass is 16.6. The van der Waals surface area contributed by atoms with Gasteiger partial charge in [-0.1, -0.05) is 0 Å². The van der Waals surface area contributed by atoms with Crippen LogP contribution >= 0.6 is 0 Å². The van der Waals surface area contributed by atoms with E-state index in [1.807, 2.05) is 0 Å². The lowest BCUT2D eigenvalue weighted by Crippen LogP contribution is -2.50. The number of aliphatic hydroxyl groups excluding tert-OH is 2. The number of rotatable bonds is 5. The maximum Gasteiger partial charge on any atom is 0.339 e. The molecule has 0 bridgehead atoms. The van der Waals surface area contributed by atoms with Gasteiger partial charge in [0.1, 0.15) is 18.8 Å². The minimum atomic E-state index is -2.48. The van der Waals surface area contributed by atoms with Crippen molar-refractivity contribution in [2.45, 2.75) is 24.4 Å². The summed E-state index contributed by atoms with van der Waals surface area (Å²) in [7, 11) is 0. The Morgan fingerprint density at radius 2 is 1.22 bits per heavy atom. The van der Waals surface area contributed by atoms with Crippen LogP contribution in [0.4, 0.5) is 0 Å². The number of aromatic hydroxyl groups is 9. The van der Waals surface area contributed by atoms with E-state index in [2.05, 4.69) is 0 Å². The summed E-state index contributed by atoms with van der Waals surface area (Å²) in [6, 6.07) is 2.24. The van der Waals surface area contributed by atoms with Crippen LogP contribution < -0.4 is 0 Å². The van der Waals surface area contributed by atoms with Gasteiger partial charge in [0.25, 0.3) is 0 Å². The van der Waals surface area contributed by atoms with Crippen LogP contribution in [0, 0.1) is 0 Å². The standard InChI is InChI=1S/C27H22O18/c28-5-15(44-25(40)7-1-10(29)18(34)11(30)2-7)21(37)24-14(33)6-43-26(41)8-3-12(31)19(35)22(38)16(8)17-9(27(42)45-24)4-13(32)20(36)23(17)39/h1-5,14-15,21,24,29-39H,6H2. The topological polar surface area (TPSA) is 318 Å². The first-order chi connectivity index (χ1) is 21.1. The summed E-state index contributed by atoms with van der Waals surface area (Å²) >= 11 is 0. The molecule has 4 rings (SSSR count). The lowest BCUT2D eigenvalue weighted by molar-refractivity contribution is -0.140. The number of hydrogen-bond acceptors (Lipinski definition) is 18. The number of phenolic OH excluding ortho intramolecular Hbond substituents is 9. The molecule has 0 fully saturated rings. The molecule has 1 aliphatic rings. The average molecular weight is 634 g/mol. The zero-order valence-electron chi connectivity index (χ0n) is 22.2. The SMILES string of the molecule is O=CC(OC(=O)c1cc(O)c(O)c(O)c1)C(O)C1OC(=O)c2cc(O)c(O)c(O)c2-c2c(cc(O)c(O)c2O)C(=O)OCC1O. The summed E-state index contributed by atoms with van der Waals surface area (Å²) in [6.07, 6.45) is -9.52.